The Balaban J connectivity index is 1.29. The molecular formula is C29H45NO. The van der Waals surface area contributed by atoms with E-state index in [1.165, 1.54) is 57.8 Å². The highest BCUT2D eigenvalue weighted by atomic mass is 16.4. The maximum Gasteiger partial charge on any atom is 0.195 e. The molecule has 4 aliphatic carbocycles. The molecule has 4 aliphatic rings. The molecule has 0 aliphatic heterocycles. The van der Waals surface area contributed by atoms with E-state index in [1.54, 1.807) is 0 Å². The fraction of sp³-hybridized carbons (Fsp3) is 0.828. The van der Waals surface area contributed by atoms with Crippen molar-refractivity contribution in [1.82, 2.24) is 4.98 Å². The first-order chi connectivity index (χ1) is 14.7. The Morgan fingerprint density at radius 2 is 1.84 bits per heavy atom. The number of hydrogen-bond acceptors (Lipinski definition) is 2. The number of oxazole rings is 1. The average Bonchev–Trinajstić information content (AvgIpc) is 3.31. The molecule has 0 spiro atoms. The molecule has 2 heteroatoms. The van der Waals surface area contributed by atoms with Crippen LogP contribution in [0.4, 0.5) is 0 Å². The first kappa shape index (κ1) is 21.8. The lowest BCUT2D eigenvalue weighted by Gasteiger charge is -2.57. The predicted molar refractivity (Wildman–Crippen MR) is 128 cm³/mol. The topological polar surface area (TPSA) is 26.0 Å². The van der Waals surface area contributed by atoms with Gasteiger partial charge in [-0.15, -0.1) is 0 Å². The minimum absolute atomic E-state index is 0.533. The van der Waals surface area contributed by atoms with E-state index in [0.29, 0.717) is 16.7 Å². The third kappa shape index (κ3) is 3.74. The Bertz CT molecular complexity index is 820. The van der Waals surface area contributed by atoms with Crippen molar-refractivity contribution in [3.63, 3.8) is 0 Å². The van der Waals surface area contributed by atoms with Crippen molar-refractivity contribution in [1.29, 1.82) is 0 Å². The molecule has 1 aromatic rings. The summed E-state index contributed by atoms with van der Waals surface area (Å²) in [6, 6.07) is 0. The largest absolute Gasteiger partial charge is 0.441 e. The molecule has 5 rings (SSSR count). The second-order valence-electron chi connectivity index (χ2n) is 13.2. The summed E-state index contributed by atoms with van der Waals surface area (Å²) in [7, 11) is 0. The zero-order valence-electron chi connectivity index (χ0n) is 20.8. The summed E-state index contributed by atoms with van der Waals surface area (Å²) in [4.78, 5) is 4.57. The van der Waals surface area contributed by atoms with Gasteiger partial charge in [-0.1, -0.05) is 34.3 Å². The van der Waals surface area contributed by atoms with E-state index < -0.39 is 0 Å². The van der Waals surface area contributed by atoms with E-state index in [2.05, 4.69) is 39.3 Å². The molecule has 0 saturated heterocycles. The van der Waals surface area contributed by atoms with Gasteiger partial charge in [0.25, 0.3) is 0 Å². The van der Waals surface area contributed by atoms with Crippen LogP contribution in [0.3, 0.4) is 0 Å². The Morgan fingerprint density at radius 3 is 2.58 bits per heavy atom. The molecule has 2 nitrogen and oxygen atoms in total. The van der Waals surface area contributed by atoms with Gasteiger partial charge in [0.05, 0.1) is 6.20 Å². The predicted octanol–water partition coefficient (Wildman–Crippen LogP) is 8.18. The van der Waals surface area contributed by atoms with Gasteiger partial charge in [0.15, 0.2) is 5.89 Å². The van der Waals surface area contributed by atoms with Crippen LogP contribution in [-0.4, -0.2) is 4.98 Å². The number of allylic oxidation sites excluding steroid dienone is 1. The van der Waals surface area contributed by atoms with E-state index in [0.717, 1.165) is 59.2 Å². The molecule has 31 heavy (non-hydrogen) atoms. The van der Waals surface area contributed by atoms with Gasteiger partial charge in [-0.05, 0) is 123 Å². The number of aromatic nitrogens is 1. The van der Waals surface area contributed by atoms with E-state index in [-0.39, 0.29) is 0 Å². The zero-order valence-corrected chi connectivity index (χ0v) is 20.8. The Labute approximate surface area is 190 Å². The van der Waals surface area contributed by atoms with E-state index >= 15 is 0 Å². The minimum atomic E-state index is 0.533. The van der Waals surface area contributed by atoms with Crippen molar-refractivity contribution in [3.8, 4) is 0 Å². The number of hydrogen-bond donors (Lipinski definition) is 0. The van der Waals surface area contributed by atoms with E-state index in [1.807, 2.05) is 13.1 Å². The molecule has 8 unspecified atom stereocenters. The molecule has 0 bridgehead atoms. The molecule has 0 amide bonds. The molecule has 0 radical (unpaired) electrons. The summed E-state index contributed by atoms with van der Waals surface area (Å²) < 4.78 is 6.00. The molecule has 172 valence electrons. The van der Waals surface area contributed by atoms with Crippen LogP contribution in [0.2, 0.25) is 0 Å². The van der Waals surface area contributed by atoms with Crippen LogP contribution < -0.4 is 0 Å². The third-order valence-corrected chi connectivity index (χ3v) is 10.7. The third-order valence-electron chi connectivity index (χ3n) is 10.7. The second-order valence-corrected chi connectivity index (χ2v) is 13.2. The normalized spacial score (nSPS) is 42.4. The van der Waals surface area contributed by atoms with Crippen LogP contribution in [-0.2, 0) is 6.42 Å². The molecule has 0 N–H and O–H groups in total. The second kappa shape index (κ2) is 7.77. The van der Waals surface area contributed by atoms with Crippen molar-refractivity contribution in [2.45, 2.75) is 98.8 Å². The van der Waals surface area contributed by atoms with Gasteiger partial charge in [0.1, 0.15) is 5.76 Å². The quantitative estimate of drug-likeness (QED) is 0.488. The maximum absolute atomic E-state index is 6.00. The fourth-order valence-electron chi connectivity index (χ4n) is 9.30. The van der Waals surface area contributed by atoms with Gasteiger partial charge < -0.3 is 4.42 Å². The monoisotopic (exact) mass is 423 g/mol. The molecule has 1 heterocycles. The zero-order chi connectivity index (χ0) is 22.0. The fourth-order valence-corrected chi connectivity index (χ4v) is 9.30. The molecule has 4 saturated carbocycles. The van der Waals surface area contributed by atoms with Crippen molar-refractivity contribution in [3.05, 3.63) is 24.4 Å². The van der Waals surface area contributed by atoms with Crippen LogP contribution >= 0.6 is 0 Å². The van der Waals surface area contributed by atoms with Gasteiger partial charge in [0.2, 0.25) is 0 Å². The van der Waals surface area contributed by atoms with Crippen LogP contribution in [0.15, 0.2) is 17.2 Å². The Hall–Kier alpha value is -1.05. The van der Waals surface area contributed by atoms with Crippen LogP contribution in [0.25, 0.3) is 5.57 Å². The summed E-state index contributed by atoms with van der Waals surface area (Å²) in [6.45, 7) is 16.2. The van der Waals surface area contributed by atoms with Crippen molar-refractivity contribution < 1.29 is 4.42 Å². The summed E-state index contributed by atoms with van der Waals surface area (Å²) in [5.74, 6) is 8.31. The van der Waals surface area contributed by atoms with E-state index in [4.69, 9.17) is 4.42 Å². The summed E-state index contributed by atoms with van der Waals surface area (Å²) in [5.41, 5.74) is 2.10. The number of nitrogens with zero attached hydrogens (tertiary/aromatic N) is 1. The smallest absolute Gasteiger partial charge is 0.195 e. The van der Waals surface area contributed by atoms with Crippen LogP contribution in [0.5, 0.6) is 0 Å². The van der Waals surface area contributed by atoms with E-state index in [9.17, 15) is 0 Å². The van der Waals surface area contributed by atoms with Crippen LogP contribution in [0, 0.1) is 52.3 Å². The standard InChI is InChI=1S/C29H45NO/c1-18(2)26-17-30-27(31-26)15-19(3)24-9-10-25-23-8-7-20-16-28(4,5)13-11-21(20)22(23)12-14-29(24,25)6/h17,19-25H,1,7-16H2,2-6H3. The van der Waals surface area contributed by atoms with Gasteiger partial charge in [-0.25, -0.2) is 4.98 Å². The summed E-state index contributed by atoms with van der Waals surface area (Å²) >= 11 is 0. The highest BCUT2D eigenvalue weighted by Crippen LogP contribution is 2.66. The van der Waals surface area contributed by atoms with Crippen molar-refractivity contribution in [2.24, 2.45) is 52.3 Å². The SMILES string of the molecule is C=C(C)c1cnc(CC(C)C2CCC3C4CCC5CC(C)(C)CCC5C4CCC23C)o1. The highest BCUT2D eigenvalue weighted by molar-refractivity contribution is 5.55. The molecule has 8 atom stereocenters. The lowest BCUT2D eigenvalue weighted by atomic mass is 9.48. The summed E-state index contributed by atoms with van der Waals surface area (Å²) in [5, 5.41) is 0. The van der Waals surface area contributed by atoms with Gasteiger partial charge in [0, 0.05) is 6.42 Å². The number of rotatable bonds is 4. The molecule has 1 aromatic heterocycles. The van der Waals surface area contributed by atoms with Crippen molar-refractivity contribution in [2.75, 3.05) is 0 Å². The van der Waals surface area contributed by atoms with Crippen molar-refractivity contribution >= 4 is 5.57 Å². The first-order valence-corrected chi connectivity index (χ1v) is 13.3. The Kier molecular flexibility index (Phi) is 5.46. The first-order valence-electron chi connectivity index (χ1n) is 13.3. The number of fused-ring (bicyclic) bond motifs is 5. The molecule has 0 aromatic carbocycles. The van der Waals surface area contributed by atoms with Gasteiger partial charge >= 0.3 is 0 Å². The molecular weight excluding hydrogens is 378 g/mol. The minimum Gasteiger partial charge on any atom is -0.441 e. The highest BCUT2D eigenvalue weighted by Gasteiger charge is 2.58. The molecule has 4 fully saturated rings. The van der Waals surface area contributed by atoms with Crippen LogP contribution in [0.1, 0.15) is 104 Å². The summed E-state index contributed by atoms with van der Waals surface area (Å²) in [6.07, 6.45) is 16.2. The van der Waals surface area contributed by atoms with Gasteiger partial charge in [-0.3, -0.25) is 0 Å². The van der Waals surface area contributed by atoms with Gasteiger partial charge in [-0.2, -0.15) is 0 Å². The average molecular weight is 424 g/mol. The Morgan fingerprint density at radius 1 is 1.06 bits per heavy atom. The maximum atomic E-state index is 6.00. The lowest BCUT2D eigenvalue weighted by Crippen LogP contribution is -2.49. The lowest BCUT2D eigenvalue weighted by molar-refractivity contribution is -0.0809.